The summed E-state index contributed by atoms with van der Waals surface area (Å²) in [4.78, 5) is 7.31. The molecule has 0 atom stereocenters. The van der Waals surface area contributed by atoms with Gasteiger partial charge in [0.1, 0.15) is 0 Å². The standard InChI is InChI=1S/C25H30N2O4S2/c1-4-5-18-6-8-19(9-7-18)22-17-32-25(26-22)27-14-12-20(13-15-27)33(28,29)21-10-11-23(30-2)24(16-21)31-3/h6-11,16-17,20H,4-5,12-15H2,1-3H3. The van der Waals surface area contributed by atoms with Gasteiger partial charge in [-0.2, -0.15) is 0 Å². The van der Waals surface area contributed by atoms with Crippen molar-refractivity contribution in [3.63, 3.8) is 0 Å². The summed E-state index contributed by atoms with van der Waals surface area (Å²) in [6.45, 7) is 3.52. The second kappa shape index (κ2) is 10.1. The minimum Gasteiger partial charge on any atom is -0.493 e. The maximum absolute atomic E-state index is 13.2. The number of hydrogen-bond acceptors (Lipinski definition) is 7. The molecule has 2 aromatic carbocycles. The molecular weight excluding hydrogens is 456 g/mol. The van der Waals surface area contributed by atoms with Crippen molar-refractivity contribution in [1.29, 1.82) is 0 Å². The third-order valence-corrected chi connectivity index (χ3v) is 9.28. The molecule has 8 heteroatoms. The second-order valence-electron chi connectivity index (χ2n) is 8.21. The summed E-state index contributed by atoms with van der Waals surface area (Å²) >= 11 is 1.61. The van der Waals surface area contributed by atoms with E-state index in [-0.39, 0.29) is 4.90 Å². The van der Waals surface area contributed by atoms with E-state index in [0.29, 0.717) is 37.4 Å². The monoisotopic (exact) mass is 486 g/mol. The summed E-state index contributed by atoms with van der Waals surface area (Å²) in [5, 5.41) is 2.61. The van der Waals surface area contributed by atoms with E-state index < -0.39 is 15.1 Å². The molecule has 6 nitrogen and oxygen atoms in total. The van der Waals surface area contributed by atoms with Crippen LogP contribution >= 0.6 is 11.3 Å². The van der Waals surface area contributed by atoms with Crippen LogP contribution in [0.1, 0.15) is 31.7 Å². The zero-order valence-corrected chi connectivity index (χ0v) is 20.9. The van der Waals surface area contributed by atoms with Crippen LogP contribution in [0.5, 0.6) is 11.5 Å². The highest BCUT2D eigenvalue weighted by molar-refractivity contribution is 7.92. The van der Waals surface area contributed by atoms with Crippen LogP contribution in [-0.4, -0.2) is 46.0 Å². The number of piperidine rings is 1. The number of nitrogens with zero attached hydrogens (tertiary/aromatic N) is 2. The molecule has 1 aliphatic rings. The molecule has 0 aliphatic carbocycles. The summed E-state index contributed by atoms with van der Waals surface area (Å²) in [5.41, 5.74) is 3.43. The molecule has 0 N–H and O–H groups in total. The molecule has 0 spiro atoms. The van der Waals surface area contributed by atoms with Gasteiger partial charge in [-0.25, -0.2) is 13.4 Å². The van der Waals surface area contributed by atoms with Gasteiger partial charge in [0.2, 0.25) is 0 Å². The summed E-state index contributed by atoms with van der Waals surface area (Å²) in [6, 6.07) is 13.4. The molecule has 0 saturated carbocycles. The molecule has 0 radical (unpaired) electrons. The Morgan fingerprint density at radius 2 is 1.73 bits per heavy atom. The third kappa shape index (κ3) is 5.01. The number of ether oxygens (including phenoxy) is 2. The van der Waals surface area contributed by atoms with Crippen LogP contribution in [0.2, 0.25) is 0 Å². The number of benzene rings is 2. The number of rotatable bonds is 8. The quantitative estimate of drug-likeness (QED) is 0.435. The van der Waals surface area contributed by atoms with Gasteiger partial charge in [-0.05, 0) is 37.0 Å². The highest BCUT2D eigenvalue weighted by atomic mass is 32.2. The van der Waals surface area contributed by atoms with Crippen LogP contribution in [0, 0.1) is 0 Å². The van der Waals surface area contributed by atoms with Crippen molar-refractivity contribution in [2.75, 3.05) is 32.2 Å². The second-order valence-corrected chi connectivity index (χ2v) is 11.3. The maximum Gasteiger partial charge on any atom is 0.185 e. The molecule has 4 rings (SSSR count). The van der Waals surface area contributed by atoms with Gasteiger partial charge in [-0.15, -0.1) is 11.3 Å². The van der Waals surface area contributed by atoms with Gasteiger partial charge in [0.05, 0.1) is 30.1 Å². The first kappa shape index (κ1) is 23.6. The smallest absolute Gasteiger partial charge is 0.185 e. The van der Waals surface area contributed by atoms with Gasteiger partial charge in [0, 0.05) is 30.1 Å². The fourth-order valence-electron chi connectivity index (χ4n) is 4.22. The minimum atomic E-state index is -3.45. The van der Waals surface area contributed by atoms with E-state index in [0.717, 1.165) is 29.2 Å². The predicted molar refractivity (Wildman–Crippen MR) is 134 cm³/mol. The zero-order chi connectivity index (χ0) is 23.4. The number of sulfone groups is 1. The van der Waals surface area contributed by atoms with E-state index in [1.807, 2.05) is 0 Å². The van der Waals surface area contributed by atoms with E-state index in [2.05, 4.69) is 41.5 Å². The van der Waals surface area contributed by atoms with E-state index in [1.165, 1.54) is 19.8 Å². The summed E-state index contributed by atoms with van der Waals surface area (Å²) in [7, 11) is -0.408. The summed E-state index contributed by atoms with van der Waals surface area (Å²) in [5.74, 6) is 0.944. The van der Waals surface area contributed by atoms with Crippen molar-refractivity contribution in [2.24, 2.45) is 0 Å². The lowest BCUT2D eigenvalue weighted by atomic mass is 10.1. The predicted octanol–water partition coefficient (Wildman–Crippen LogP) is 5.22. The lowest BCUT2D eigenvalue weighted by Crippen LogP contribution is -2.39. The van der Waals surface area contributed by atoms with Gasteiger partial charge in [0.15, 0.2) is 26.5 Å². The first-order valence-electron chi connectivity index (χ1n) is 11.2. The lowest BCUT2D eigenvalue weighted by Gasteiger charge is -2.31. The fraction of sp³-hybridized carbons (Fsp3) is 0.400. The SMILES string of the molecule is CCCc1ccc(-c2csc(N3CCC(S(=O)(=O)c4ccc(OC)c(OC)c4)CC3)n2)cc1. The Labute approximate surface area is 200 Å². The molecule has 33 heavy (non-hydrogen) atoms. The molecule has 2 heterocycles. The molecule has 1 aromatic heterocycles. The van der Waals surface area contributed by atoms with E-state index in [9.17, 15) is 8.42 Å². The Morgan fingerprint density at radius 1 is 1.03 bits per heavy atom. The van der Waals surface area contributed by atoms with Crippen molar-refractivity contribution in [2.45, 2.75) is 42.8 Å². The van der Waals surface area contributed by atoms with Gasteiger partial charge in [-0.3, -0.25) is 0 Å². The topological polar surface area (TPSA) is 68.7 Å². The number of thiazole rings is 1. The highest BCUT2D eigenvalue weighted by Crippen LogP contribution is 2.34. The number of hydrogen-bond donors (Lipinski definition) is 0. The number of aryl methyl sites for hydroxylation is 1. The average Bonchev–Trinajstić information content (AvgIpc) is 3.34. The Bertz CT molecular complexity index is 1180. The van der Waals surface area contributed by atoms with Crippen LogP contribution in [0.25, 0.3) is 11.3 Å². The maximum atomic E-state index is 13.2. The van der Waals surface area contributed by atoms with Crippen LogP contribution in [0.15, 0.2) is 52.7 Å². The Kier molecular flexibility index (Phi) is 7.24. The molecule has 3 aromatic rings. The zero-order valence-electron chi connectivity index (χ0n) is 19.3. The molecule has 1 fully saturated rings. The molecule has 0 amide bonds. The summed E-state index contributed by atoms with van der Waals surface area (Å²) < 4.78 is 37.0. The van der Waals surface area contributed by atoms with Crippen molar-refractivity contribution >= 4 is 26.3 Å². The lowest BCUT2D eigenvalue weighted by molar-refractivity contribution is 0.354. The van der Waals surface area contributed by atoms with Gasteiger partial charge >= 0.3 is 0 Å². The first-order valence-corrected chi connectivity index (χ1v) is 13.6. The van der Waals surface area contributed by atoms with Crippen molar-refractivity contribution in [3.05, 3.63) is 53.4 Å². The Hall–Kier alpha value is -2.58. The minimum absolute atomic E-state index is 0.279. The normalized spacial score (nSPS) is 14.9. The van der Waals surface area contributed by atoms with E-state index >= 15 is 0 Å². The van der Waals surface area contributed by atoms with Crippen LogP contribution in [0.3, 0.4) is 0 Å². The molecular formula is C25H30N2O4S2. The molecule has 1 saturated heterocycles. The largest absolute Gasteiger partial charge is 0.493 e. The van der Waals surface area contributed by atoms with E-state index in [1.54, 1.807) is 29.5 Å². The molecule has 0 unspecified atom stereocenters. The average molecular weight is 487 g/mol. The van der Waals surface area contributed by atoms with Gasteiger partial charge < -0.3 is 14.4 Å². The molecule has 0 bridgehead atoms. The number of anilines is 1. The number of methoxy groups -OCH3 is 2. The molecule has 1 aliphatic heterocycles. The van der Waals surface area contributed by atoms with Crippen molar-refractivity contribution < 1.29 is 17.9 Å². The van der Waals surface area contributed by atoms with Crippen molar-refractivity contribution in [3.8, 4) is 22.8 Å². The Morgan fingerprint density at radius 3 is 2.36 bits per heavy atom. The van der Waals surface area contributed by atoms with Crippen LogP contribution < -0.4 is 14.4 Å². The fourth-order valence-corrected chi connectivity index (χ4v) is 6.85. The van der Waals surface area contributed by atoms with Crippen LogP contribution in [0.4, 0.5) is 5.13 Å². The summed E-state index contributed by atoms with van der Waals surface area (Å²) in [6.07, 6.45) is 3.36. The highest BCUT2D eigenvalue weighted by Gasteiger charge is 2.32. The van der Waals surface area contributed by atoms with Crippen LogP contribution in [-0.2, 0) is 16.3 Å². The third-order valence-electron chi connectivity index (χ3n) is 6.12. The first-order chi connectivity index (χ1) is 16.0. The van der Waals surface area contributed by atoms with E-state index in [4.69, 9.17) is 14.5 Å². The van der Waals surface area contributed by atoms with Gasteiger partial charge in [0.25, 0.3) is 0 Å². The molecule has 176 valence electrons. The Balaban J connectivity index is 1.43. The van der Waals surface area contributed by atoms with Gasteiger partial charge in [-0.1, -0.05) is 37.6 Å². The number of aromatic nitrogens is 1. The van der Waals surface area contributed by atoms with Crippen molar-refractivity contribution in [1.82, 2.24) is 4.98 Å².